The summed E-state index contributed by atoms with van der Waals surface area (Å²) in [6.45, 7) is 0.0521. The molecule has 96 valence electrons. The quantitative estimate of drug-likeness (QED) is 0.536. The average Bonchev–Trinajstić information content (AvgIpc) is 2.64. The predicted octanol–water partition coefficient (Wildman–Crippen LogP) is -1.53. The maximum atomic E-state index is 11.4. The van der Waals surface area contributed by atoms with E-state index >= 15 is 0 Å². The highest BCUT2D eigenvalue weighted by Crippen LogP contribution is 2.13. The number of hydrogen-bond donors (Lipinski definition) is 3. The van der Waals surface area contributed by atoms with Gasteiger partial charge in [-0.25, -0.2) is 4.79 Å². The number of nitrogens with zero attached hydrogens (tertiary/aromatic N) is 1. The molecule has 2 amide bonds. The highest BCUT2D eigenvalue weighted by Gasteiger charge is 2.22. The first kappa shape index (κ1) is 13.8. The molecule has 1 saturated heterocycles. The third-order valence-electron chi connectivity index (χ3n) is 2.18. The molecule has 1 aliphatic rings. The summed E-state index contributed by atoms with van der Waals surface area (Å²) in [5.74, 6) is -0.839. The number of carbonyl (C=O) groups excluding carboxylic acids is 2. The smallest absolute Gasteiger partial charge is 0.332 e. The first-order valence-corrected chi connectivity index (χ1v) is 6.19. The topological polar surface area (TPSA) is 107 Å². The highest BCUT2D eigenvalue weighted by molar-refractivity contribution is 8.00. The van der Waals surface area contributed by atoms with Crippen LogP contribution in [0.15, 0.2) is 0 Å². The van der Waals surface area contributed by atoms with Gasteiger partial charge in [-0.05, 0) is 0 Å². The van der Waals surface area contributed by atoms with Crippen molar-refractivity contribution in [3.63, 3.8) is 0 Å². The van der Waals surface area contributed by atoms with E-state index in [0.29, 0.717) is 11.6 Å². The van der Waals surface area contributed by atoms with Crippen LogP contribution in [0.3, 0.4) is 0 Å². The molecule has 0 spiro atoms. The van der Waals surface area contributed by atoms with Crippen LogP contribution >= 0.6 is 11.8 Å². The summed E-state index contributed by atoms with van der Waals surface area (Å²) < 4.78 is 0. The lowest BCUT2D eigenvalue weighted by Crippen LogP contribution is -2.39. The van der Waals surface area contributed by atoms with E-state index in [9.17, 15) is 14.4 Å². The van der Waals surface area contributed by atoms with Crippen LogP contribution in [0.1, 0.15) is 6.42 Å². The summed E-state index contributed by atoms with van der Waals surface area (Å²) in [5.41, 5.74) is 0. The van der Waals surface area contributed by atoms with E-state index in [1.54, 1.807) is 0 Å². The van der Waals surface area contributed by atoms with Crippen molar-refractivity contribution in [3.8, 4) is 0 Å². The van der Waals surface area contributed by atoms with Gasteiger partial charge in [0, 0.05) is 13.0 Å². The first-order valence-electron chi connectivity index (χ1n) is 5.04. The zero-order valence-electron chi connectivity index (χ0n) is 9.09. The minimum atomic E-state index is -1.47. The number of aliphatic hydroxyl groups is 1. The van der Waals surface area contributed by atoms with Gasteiger partial charge in [0.2, 0.25) is 11.8 Å². The second kappa shape index (κ2) is 6.45. The van der Waals surface area contributed by atoms with Crippen molar-refractivity contribution in [2.45, 2.75) is 12.5 Å². The Hall–Kier alpha value is -1.28. The third-order valence-corrected chi connectivity index (χ3v) is 3.13. The number of amides is 2. The zero-order chi connectivity index (χ0) is 12.8. The van der Waals surface area contributed by atoms with E-state index in [-0.39, 0.29) is 31.3 Å². The summed E-state index contributed by atoms with van der Waals surface area (Å²) in [5, 5.41) is 19.8. The van der Waals surface area contributed by atoms with Gasteiger partial charge in [0.05, 0.1) is 11.6 Å². The first-order chi connectivity index (χ1) is 8.00. The number of thioether (sulfide) groups is 1. The fourth-order valence-electron chi connectivity index (χ4n) is 1.24. The molecule has 0 aromatic heterocycles. The van der Waals surface area contributed by atoms with Crippen LogP contribution in [0.4, 0.5) is 0 Å². The van der Waals surface area contributed by atoms with E-state index in [1.165, 1.54) is 16.7 Å². The summed E-state index contributed by atoms with van der Waals surface area (Å²) in [6.07, 6.45) is -1.52. The van der Waals surface area contributed by atoms with Crippen LogP contribution in [0.2, 0.25) is 0 Å². The highest BCUT2D eigenvalue weighted by atomic mass is 32.2. The molecule has 0 aliphatic carbocycles. The number of hydrogen-bond acceptors (Lipinski definition) is 5. The van der Waals surface area contributed by atoms with E-state index < -0.39 is 12.1 Å². The second-order valence-electron chi connectivity index (χ2n) is 3.56. The molecular weight excluding hydrogens is 248 g/mol. The Morgan fingerprint density at radius 1 is 1.53 bits per heavy atom. The molecule has 1 rings (SSSR count). The minimum Gasteiger partial charge on any atom is -0.479 e. The van der Waals surface area contributed by atoms with Crippen LogP contribution in [0.5, 0.6) is 0 Å². The molecule has 0 bridgehead atoms. The summed E-state index contributed by atoms with van der Waals surface area (Å²) >= 11 is 1.44. The number of nitrogens with one attached hydrogen (secondary N) is 1. The molecular formula is C9H14N2O5S. The Morgan fingerprint density at radius 2 is 2.24 bits per heavy atom. The van der Waals surface area contributed by atoms with Crippen molar-refractivity contribution in [1.29, 1.82) is 0 Å². The van der Waals surface area contributed by atoms with Gasteiger partial charge in [-0.1, -0.05) is 0 Å². The van der Waals surface area contributed by atoms with E-state index in [4.69, 9.17) is 10.2 Å². The number of carbonyl (C=O) groups is 3. The maximum Gasteiger partial charge on any atom is 0.332 e. The normalized spacial score (nSPS) is 17.0. The summed E-state index contributed by atoms with van der Waals surface area (Å²) in [6, 6.07) is 0. The van der Waals surface area contributed by atoms with Crippen molar-refractivity contribution in [2.24, 2.45) is 0 Å². The molecule has 7 nitrogen and oxygen atoms in total. The van der Waals surface area contributed by atoms with Gasteiger partial charge in [-0.15, -0.1) is 11.8 Å². The molecule has 0 saturated carbocycles. The van der Waals surface area contributed by atoms with Crippen molar-refractivity contribution in [3.05, 3.63) is 0 Å². The van der Waals surface area contributed by atoms with Crippen LogP contribution < -0.4 is 5.32 Å². The number of aliphatic carboxylic acids is 1. The molecule has 3 N–H and O–H groups in total. The van der Waals surface area contributed by atoms with Gasteiger partial charge in [-0.3, -0.25) is 9.59 Å². The lowest BCUT2D eigenvalue weighted by atomic mass is 10.2. The van der Waals surface area contributed by atoms with Gasteiger partial charge in [-0.2, -0.15) is 0 Å². The lowest BCUT2D eigenvalue weighted by Gasteiger charge is -2.14. The Balaban J connectivity index is 2.17. The molecule has 0 aromatic rings. The monoisotopic (exact) mass is 262 g/mol. The zero-order valence-corrected chi connectivity index (χ0v) is 9.90. The average molecular weight is 262 g/mol. The third kappa shape index (κ3) is 4.61. The number of aliphatic hydroxyl groups excluding tert-OH is 1. The molecule has 1 atom stereocenters. The SMILES string of the molecule is O=C(CN1CSCC1=O)NCC[C@H](O)C(=O)O. The van der Waals surface area contributed by atoms with Crippen LogP contribution in [0.25, 0.3) is 0 Å². The van der Waals surface area contributed by atoms with Crippen LogP contribution in [0, 0.1) is 0 Å². The van der Waals surface area contributed by atoms with E-state index in [1.807, 2.05) is 0 Å². The van der Waals surface area contributed by atoms with Gasteiger partial charge < -0.3 is 20.4 Å². The predicted molar refractivity (Wildman–Crippen MR) is 60.3 cm³/mol. The number of rotatable bonds is 6. The fourth-order valence-corrected chi connectivity index (χ4v) is 2.15. The Bertz CT molecular complexity index is 323. The van der Waals surface area contributed by atoms with E-state index in [2.05, 4.69) is 5.32 Å². The molecule has 0 unspecified atom stereocenters. The second-order valence-corrected chi connectivity index (χ2v) is 4.52. The van der Waals surface area contributed by atoms with Gasteiger partial charge in [0.1, 0.15) is 6.54 Å². The molecule has 1 aliphatic heterocycles. The van der Waals surface area contributed by atoms with E-state index in [0.717, 1.165) is 0 Å². The van der Waals surface area contributed by atoms with Crippen molar-refractivity contribution in [1.82, 2.24) is 10.2 Å². The largest absolute Gasteiger partial charge is 0.479 e. The Kier molecular flexibility index (Phi) is 5.23. The van der Waals surface area contributed by atoms with Crippen molar-refractivity contribution in [2.75, 3.05) is 24.7 Å². The summed E-state index contributed by atoms with van der Waals surface area (Å²) in [4.78, 5) is 34.2. The minimum absolute atomic E-state index is 0.0188. The molecule has 1 fully saturated rings. The number of carboxylic acid groups (broad SMARTS) is 1. The Morgan fingerprint density at radius 3 is 2.76 bits per heavy atom. The molecule has 1 heterocycles. The van der Waals surface area contributed by atoms with Crippen molar-refractivity contribution >= 4 is 29.5 Å². The molecule has 8 heteroatoms. The molecule has 17 heavy (non-hydrogen) atoms. The van der Waals surface area contributed by atoms with Crippen LogP contribution in [-0.4, -0.2) is 63.7 Å². The lowest BCUT2D eigenvalue weighted by molar-refractivity contribution is -0.147. The van der Waals surface area contributed by atoms with Gasteiger partial charge >= 0.3 is 5.97 Å². The maximum absolute atomic E-state index is 11.4. The molecule has 0 radical (unpaired) electrons. The standard InChI is InChI=1S/C9H14N2O5S/c12-6(9(15)16)1-2-10-7(13)3-11-5-17-4-8(11)14/h6,12H,1-5H2,(H,10,13)(H,15,16)/t6-/m0/s1. The van der Waals surface area contributed by atoms with Gasteiger partial charge in [0.25, 0.3) is 0 Å². The van der Waals surface area contributed by atoms with Crippen LogP contribution in [-0.2, 0) is 14.4 Å². The fraction of sp³-hybridized carbons (Fsp3) is 0.667. The summed E-state index contributed by atoms with van der Waals surface area (Å²) in [7, 11) is 0. The Labute approximate surface area is 102 Å². The number of carboxylic acids is 1. The van der Waals surface area contributed by atoms with Crippen molar-refractivity contribution < 1.29 is 24.6 Å². The van der Waals surface area contributed by atoms with Gasteiger partial charge in [0.15, 0.2) is 6.10 Å². The molecule has 0 aromatic carbocycles.